The van der Waals surface area contributed by atoms with Gasteiger partial charge in [-0.1, -0.05) is 0 Å². The number of rotatable bonds is 3. The van der Waals surface area contributed by atoms with E-state index >= 15 is 0 Å². The molecule has 2 rings (SSSR count). The second kappa shape index (κ2) is 7.80. The van der Waals surface area contributed by atoms with Crippen LogP contribution in [-0.4, -0.2) is 49.0 Å². The Labute approximate surface area is 128 Å². The highest BCUT2D eigenvalue weighted by Gasteiger charge is 2.23. The van der Waals surface area contributed by atoms with E-state index in [4.69, 9.17) is 4.74 Å². The van der Waals surface area contributed by atoms with Crippen molar-refractivity contribution in [3.8, 4) is 5.75 Å². The summed E-state index contributed by atoms with van der Waals surface area (Å²) in [6, 6.07) is 4.07. The number of halogens is 1. The third kappa shape index (κ3) is 4.05. The molecule has 8 heteroatoms. The average molecular weight is 316 g/mol. The fourth-order valence-electron chi connectivity index (χ4n) is 2.20. The minimum atomic E-state index is -0.514. The summed E-state index contributed by atoms with van der Waals surface area (Å²) in [5.41, 5.74) is 0.130. The molecule has 1 saturated heterocycles. The molecule has 1 aromatic carbocycles. The zero-order valence-corrected chi connectivity index (χ0v) is 12.5. The number of nitro groups is 1. The minimum absolute atomic E-state index is 0. The molecule has 1 aromatic rings. The number of amides is 1. The molecule has 0 bridgehead atoms. The molecule has 1 fully saturated rings. The molecule has 0 atom stereocenters. The standard InChI is InChI=1S/C13H17N3O4.ClH/c1-20-12-4-3-10(16(18)19)9-11(12)13(17)15-7-2-5-14-6-8-15;/h3-4,9,14H,2,5-8H2,1H3;1H. The lowest BCUT2D eigenvalue weighted by atomic mass is 10.1. The van der Waals surface area contributed by atoms with Crippen LogP contribution in [0.1, 0.15) is 16.8 Å². The fraction of sp³-hybridized carbons (Fsp3) is 0.462. The van der Waals surface area contributed by atoms with Crippen molar-refractivity contribution >= 4 is 24.0 Å². The lowest BCUT2D eigenvalue weighted by Crippen LogP contribution is -2.34. The van der Waals surface area contributed by atoms with Crippen molar-refractivity contribution < 1.29 is 14.5 Å². The van der Waals surface area contributed by atoms with Crippen molar-refractivity contribution in [1.82, 2.24) is 10.2 Å². The summed E-state index contributed by atoms with van der Waals surface area (Å²) in [5, 5.41) is 14.0. The Morgan fingerprint density at radius 1 is 1.38 bits per heavy atom. The lowest BCUT2D eigenvalue weighted by Gasteiger charge is -2.21. The van der Waals surface area contributed by atoms with Crippen molar-refractivity contribution in [3.05, 3.63) is 33.9 Å². The Morgan fingerprint density at radius 3 is 2.81 bits per heavy atom. The van der Waals surface area contributed by atoms with E-state index < -0.39 is 4.92 Å². The summed E-state index contributed by atoms with van der Waals surface area (Å²) >= 11 is 0. The quantitative estimate of drug-likeness (QED) is 0.674. The van der Waals surface area contributed by atoms with Crippen molar-refractivity contribution in [2.75, 3.05) is 33.3 Å². The number of nitro benzene ring substituents is 1. The predicted octanol–water partition coefficient (Wildman–Crippen LogP) is 1.46. The van der Waals surface area contributed by atoms with E-state index in [0.717, 1.165) is 19.5 Å². The summed E-state index contributed by atoms with van der Waals surface area (Å²) in [6.45, 7) is 2.82. The molecule has 1 heterocycles. The van der Waals surface area contributed by atoms with Gasteiger partial charge in [0.15, 0.2) is 0 Å². The van der Waals surface area contributed by atoms with E-state index in [1.807, 2.05) is 0 Å². The number of methoxy groups -OCH3 is 1. The topological polar surface area (TPSA) is 84.7 Å². The number of ether oxygens (including phenoxy) is 1. The number of carbonyl (C=O) groups is 1. The Kier molecular flexibility index (Phi) is 6.39. The van der Waals surface area contributed by atoms with E-state index in [1.54, 1.807) is 4.90 Å². The fourth-order valence-corrected chi connectivity index (χ4v) is 2.20. The highest BCUT2D eigenvalue weighted by Crippen LogP contribution is 2.25. The Morgan fingerprint density at radius 2 is 2.14 bits per heavy atom. The first-order valence-corrected chi connectivity index (χ1v) is 6.46. The Hall–Kier alpha value is -1.86. The van der Waals surface area contributed by atoms with Gasteiger partial charge in [0, 0.05) is 31.8 Å². The first kappa shape index (κ1) is 17.2. The summed E-state index contributed by atoms with van der Waals surface area (Å²) in [5.74, 6) is 0.132. The van der Waals surface area contributed by atoms with Gasteiger partial charge in [0.25, 0.3) is 11.6 Å². The Bertz CT molecular complexity index is 516. The highest BCUT2D eigenvalue weighted by atomic mass is 35.5. The van der Waals surface area contributed by atoms with Gasteiger partial charge < -0.3 is 15.0 Å². The van der Waals surface area contributed by atoms with Gasteiger partial charge in [0.1, 0.15) is 5.75 Å². The molecule has 0 spiro atoms. The number of carbonyl (C=O) groups excluding carboxylic acids is 1. The predicted molar refractivity (Wildman–Crippen MR) is 80.3 cm³/mol. The van der Waals surface area contributed by atoms with Gasteiger partial charge in [-0.25, -0.2) is 0 Å². The molecule has 116 valence electrons. The van der Waals surface area contributed by atoms with Gasteiger partial charge >= 0.3 is 0 Å². The highest BCUT2D eigenvalue weighted by molar-refractivity contribution is 5.97. The van der Waals surface area contributed by atoms with Gasteiger partial charge in [0.05, 0.1) is 17.6 Å². The molecular formula is C13H18ClN3O4. The summed E-state index contributed by atoms with van der Waals surface area (Å²) in [4.78, 5) is 24.5. The van der Waals surface area contributed by atoms with Crippen LogP contribution >= 0.6 is 12.4 Å². The molecule has 1 amide bonds. The number of non-ortho nitro benzene ring substituents is 1. The van der Waals surface area contributed by atoms with Crippen LogP contribution in [0.4, 0.5) is 5.69 Å². The van der Waals surface area contributed by atoms with Crippen LogP contribution in [0.3, 0.4) is 0 Å². The normalized spacial score (nSPS) is 14.8. The van der Waals surface area contributed by atoms with Crippen LogP contribution in [0.15, 0.2) is 18.2 Å². The molecule has 0 aliphatic carbocycles. The van der Waals surface area contributed by atoms with E-state index in [1.165, 1.54) is 25.3 Å². The monoisotopic (exact) mass is 315 g/mol. The van der Waals surface area contributed by atoms with Crippen molar-refractivity contribution in [3.63, 3.8) is 0 Å². The molecular weight excluding hydrogens is 298 g/mol. The van der Waals surface area contributed by atoms with E-state index in [2.05, 4.69) is 5.32 Å². The smallest absolute Gasteiger partial charge is 0.270 e. The zero-order valence-electron chi connectivity index (χ0n) is 11.7. The van der Waals surface area contributed by atoms with Gasteiger partial charge in [-0.2, -0.15) is 0 Å². The molecule has 0 saturated carbocycles. The second-order valence-corrected chi connectivity index (χ2v) is 4.54. The van der Waals surface area contributed by atoms with Crippen LogP contribution in [0.2, 0.25) is 0 Å². The maximum atomic E-state index is 12.5. The van der Waals surface area contributed by atoms with Crippen LogP contribution in [-0.2, 0) is 0 Å². The molecule has 7 nitrogen and oxygen atoms in total. The van der Waals surface area contributed by atoms with Crippen molar-refractivity contribution in [1.29, 1.82) is 0 Å². The van der Waals surface area contributed by atoms with Crippen molar-refractivity contribution in [2.24, 2.45) is 0 Å². The largest absolute Gasteiger partial charge is 0.496 e. The second-order valence-electron chi connectivity index (χ2n) is 4.54. The first-order valence-electron chi connectivity index (χ1n) is 6.46. The number of benzene rings is 1. The summed E-state index contributed by atoms with van der Waals surface area (Å²) in [7, 11) is 1.45. The number of hydrogen-bond donors (Lipinski definition) is 1. The van der Waals surface area contributed by atoms with Crippen LogP contribution in [0.5, 0.6) is 5.75 Å². The molecule has 1 aliphatic heterocycles. The molecule has 21 heavy (non-hydrogen) atoms. The summed E-state index contributed by atoms with van der Waals surface area (Å²) < 4.78 is 5.14. The number of hydrogen-bond acceptors (Lipinski definition) is 5. The maximum absolute atomic E-state index is 12.5. The van der Waals surface area contributed by atoms with E-state index in [9.17, 15) is 14.9 Å². The third-order valence-electron chi connectivity index (χ3n) is 3.25. The minimum Gasteiger partial charge on any atom is -0.496 e. The lowest BCUT2D eigenvalue weighted by molar-refractivity contribution is -0.384. The first-order chi connectivity index (χ1) is 9.63. The molecule has 1 N–H and O–H groups in total. The SMILES string of the molecule is COc1ccc([N+](=O)[O-])cc1C(=O)N1CCCNCC1.Cl. The van der Waals surface area contributed by atoms with E-state index in [0.29, 0.717) is 18.8 Å². The zero-order chi connectivity index (χ0) is 14.5. The summed E-state index contributed by atoms with van der Waals surface area (Å²) in [6.07, 6.45) is 0.864. The van der Waals surface area contributed by atoms with Crippen LogP contribution in [0, 0.1) is 10.1 Å². The van der Waals surface area contributed by atoms with Gasteiger partial charge in [-0.3, -0.25) is 14.9 Å². The average Bonchev–Trinajstić information content (AvgIpc) is 2.74. The van der Waals surface area contributed by atoms with Gasteiger partial charge in [0.2, 0.25) is 0 Å². The third-order valence-corrected chi connectivity index (χ3v) is 3.25. The maximum Gasteiger partial charge on any atom is 0.270 e. The van der Waals surface area contributed by atoms with Gasteiger partial charge in [-0.15, -0.1) is 12.4 Å². The number of nitrogens with zero attached hydrogens (tertiary/aromatic N) is 2. The molecule has 0 unspecified atom stereocenters. The van der Waals surface area contributed by atoms with Crippen molar-refractivity contribution in [2.45, 2.75) is 6.42 Å². The number of nitrogens with one attached hydrogen (secondary N) is 1. The van der Waals surface area contributed by atoms with E-state index in [-0.39, 0.29) is 29.6 Å². The van der Waals surface area contributed by atoms with Crippen LogP contribution in [0.25, 0.3) is 0 Å². The van der Waals surface area contributed by atoms with Crippen LogP contribution < -0.4 is 10.1 Å². The molecule has 1 aliphatic rings. The molecule has 0 aromatic heterocycles. The Balaban J connectivity index is 0.00000220. The molecule has 0 radical (unpaired) electrons. The van der Waals surface area contributed by atoms with Gasteiger partial charge in [-0.05, 0) is 19.0 Å².